The third kappa shape index (κ3) is 3.27. The van der Waals surface area contributed by atoms with E-state index < -0.39 is 5.97 Å². The Morgan fingerprint density at radius 2 is 2.11 bits per heavy atom. The minimum Gasteiger partial charge on any atom is -0.465 e. The summed E-state index contributed by atoms with van der Waals surface area (Å²) in [7, 11) is 1.37. The average Bonchev–Trinajstić information content (AvgIpc) is 3.29. The van der Waals surface area contributed by atoms with Crippen LogP contribution in [0.4, 0.5) is 5.00 Å². The number of amides is 1. The molecule has 2 heterocycles. The zero-order valence-corrected chi connectivity index (χ0v) is 16.1. The number of hydrogen-bond acceptors (Lipinski definition) is 6. The molecule has 0 fully saturated rings. The highest BCUT2D eigenvalue weighted by Crippen LogP contribution is 2.41. The number of thiophene rings is 1. The molecule has 4 rings (SSSR count). The molecule has 7 heteroatoms. The van der Waals surface area contributed by atoms with Crippen LogP contribution in [0, 0.1) is 5.92 Å². The first-order valence-electron chi connectivity index (χ1n) is 9.04. The van der Waals surface area contributed by atoms with Crippen LogP contribution in [0.3, 0.4) is 0 Å². The number of carbonyl (C=O) groups is 2. The number of methoxy groups -OCH3 is 1. The molecule has 27 heavy (non-hydrogen) atoms. The normalized spacial score (nSPS) is 17.3. The van der Waals surface area contributed by atoms with Crippen LogP contribution in [0.25, 0.3) is 0 Å². The number of carbonyl (C=O) groups excluding carboxylic acids is 2. The Labute approximate surface area is 161 Å². The predicted molar refractivity (Wildman–Crippen MR) is 102 cm³/mol. The van der Waals surface area contributed by atoms with Gasteiger partial charge in [0.2, 0.25) is 6.79 Å². The van der Waals surface area contributed by atoms with Crippen LogP contribution in [0.15, 0.2) is 18.2 Å². The standard InChI is InChI=1S/C20H21NO5S/c1-3-11-4-6-13-16(8-11)27-19(17(13)20(23)24-2)21-18(22)12-5-7-14-15(9-12)26-10-25-14/h5,7,9,11H,3-4,6,8,10H2,1-2H3,(H,21,22)/t11-/m1/s1. The molecule has 1 aliphatic carbocycles. The van der Waals surface area contributed by atoms with Crippen LogP contribution in [-0.4, -0.2) is 25.8 Å². The molecule has 142 valence electrons. The van der Waals surface area contributed by atoms with Gasteiger partial charge in [0.25, 0.3) is 5.91 Å². The van der Waals surface area contributed by atoms with Crippen molar-refractivity contribution in [2.45, 2.75) is 32.6 Å². The van der Waals surface area contributed by atoms with Gasteiger partial charge in [-0.05, 0) is 48.9 Å². The Hall–Kier alpha value is -2.54. The zero-order valence-electron chi connectivity index (χ0n) is 15.3. The average molecular weight is 387 g/mol. The molecule has 1 aromatic carbocycles. The molecule has 1 amide bonds. The van der Waals surface area contributed by atoms with Gasteiger partial charge in [-0.1, -0.05) is 13.3 Å². The summed E-state index contributed by atoms with van der Waals surface area (Å²) < 4.78 is 15.6. The molecule has 6 nitrogen and oxygen atoms in total. The summed E-state index contributed by atoms with van der Waals surface area (Å²) in [5.41, 5.74) is 1.98. The maximum Gasteiger partial charge on any atom is 0.341 e. The summed E-state index contributed by atoms with van der Waals surface area (Å²) >= 11 is 1.48. The Kier molecular flexibility index (Phi) is 4.78. The second-order valence-corrected chi connectivity index (χ2v) is 7.84. The molecular weight excluding hydrogens is 366 g/mol. The van der Waals surface area contributed by atoms with Gasteiger partial charge in [-0.15, -0.1) is 11.3 Å². The quantitative estimate of drug-likeness (QED) is 0.802. The van der Waals surface area contributed by atoms with Crippen molar-refractivity contribution in [3.8, 4) is 11.5 Å². The second kappa shape index (κ2) is 7.23. The van der Waals surface area contributed by atoms with E-state index in [1.807, 2.05) is 0 Å². The molecule has 0 unspecified atom stereocenters. The van der Waals surface area contributed by atoms with E-state index in [4.69, 9.17) is 14.2 Å². The van der Waals surface area contributed by atoms with Crippen LogP contribution >= 0.6 is 11.3 Å². The zero-order chi connectivity index (χ0) is 19.0. The van der Waals surface area contributed by atoms with Crippen LogP contribution < -0.4 is 14.8 Å². The van der Waals surface area contributed by atoms with E-state index in [9.17, 15) is 9.59 Å². The summed E-state index contributed by atoms with van der Waals surface area (Å²) in [6, 6.07) is 5.04. The molecule has 0 bridgehead atoms. The predicted octanol–water partition coefficient (Wildman–Crippen LogP) is 4.03. The van der Waals surface area contributed by atoms with E-state index in [1.54, 1.807) is 18.2 Å². The number of anilines is 1. The van der Waals surface area contributed by atoms with Crippen molar-refractivity contribution in [2.75, 3.05) is 19.2 Å². The molecule has 2 aliphatic rings. The minimum absolute atomic E-state index is 0.156. The molecule has 0 spiro atoms. The lowest BCUT2D eigenvalue weighted by molar-refractivity contribution is 0.0600. The van der Waals surface area contributed by atoms with Crippen molar-refractivity contribution in [3.63, 3.8) is 0 Å². The van der Waals surface area contributed by atoms with Crippen LogP contribution in [-0.2, 0) is 17.6 Å². The monoisotopic (exact) mass is 387 g/mol. The summed E-state index contributed by atoms with van der Waals surface area (Å²) in [6.45, 7) is 2.34. The Balaban J connectivity index is 1.64. The minimum atomic E-state index is -0.400. The van der Waals surface area contributed by atoms with Gasteiger partial charge in [-0.25, -0.2) is 4.79 Å². The number of benzene rings is 1. The maximum absolute atomic E-state index is 12.8. The summed E-state index contributed by atoms with van der Waals surface area (Å²) in [5.74, 6) is 1.11. The highest BCUT2D eigenvalue weighted by molar-refractivity contribution is 7.17. The highest BCUT2D eigenvalue weighted by Gasteiger charge is 2.30. The summed E-state index contributed by atoms with van der Waals surface area (Å²) in [6.07, 6.45) is 3.96. The molecular formula is C20H21NO5S. The van der Waals surface area contributed by atoms with Crippen molar-refractivity contribution < 1.29 is 23.8 Å². The van der Waals surface area contributed by atoms with Gasteiger partial charge < -0.3 is 19.5 Å². The van der Waals surface area contributed by atoms with Crippen molar-refractivity contribution in [1.82, 2.24) is 0 Å². The molecule has 1 N–H and O–H groups in total. The Morgan fingerprint density at radius 3 is 2.89 bits per heavy atom. The summed E-state index contributed by atoms with van der Waals surface area (Å²) in [5, 5.41) is 3.47. The highest BCUT2D eigenvalue weighted by atomic mass is 32.1. The van der Waals surface area contributed by atoms with E-state index in [2.05, 4.69) is 12.2 Å². The third-order valence-corrected chi connectivity index (χ3v) is 6.37. The first kappa shape index (κ1) is 17.9. The first-order chi connectivity index (χ1) is 13.1. The molecule has 0 radical (unpaired) electrons. The Morgan fingerprint density at radius 1 is 1.30 bits per heavy atom. The van der Waals surface area contributed by atoms with Gasteiger partial charge in [0, 0.05) is 10.4 Å². The maximum atomic E-state index is 12.8. The van der Waals surface area contributed by atoms with Crippen molar-refractivity contribution in [3.05, 3.63) is 39.8 Å². The smallest absolute Gasteiger partial charge is 0.341 e. The molecule has 1 atom stereocenters. The van der Waals surface area contributed by atoms with E-state index >= 15 is 0 Å². The number of rotatable bonds is 4. The van der Waals surface area contributed by atoms with E-state index in [0.29, 0.717) is 33.5 Å². The third-order valence-electron chi connectivity index (χ3n) is 5.20. The van der Waals surface area contributed by atoms with Crippen LogP contribution in [0.1, 0.15) is 50.9 Å². The van der Waals surface area contributed by atoms with Gasteiger partial charge in [0.05, 0.1) is 12.7 Å². The molecule has 1 aliphatic heterocycles. The number of hydrogen-bond donors (Lipinski definition) is 1. The topological polar surface area (TPSA) is 73.9 Å². The molecule has 0 saturated heterocycles. The van der Waals surface area contributed by atoms with Crippen LogP contribution in [0.5, 0.6) is 11.5 Å². The van der Waals surface area contributed by atoms with Crippen molar-refractivity contribution in [1.29, 1.82) is 0 Å². The lowest BCUT2D eigenvalue weighted by Gasteiger charge is -2.20. The van der Waals surface area contributed by atoms with E-state index in [0.717, 1.165) is 31.2 Å². The SMILES string of the molecule is CC[C@@H]1CCc2c(sc(NC(=O)c3ccc4c(c3)OCO4)c2C(=O)OC)C1. The van der Waals surface area contributed by atoms with E-state index in [1.165, 1.54) is 23.3 Å². The summed E-state index contributed by atoms with van der Waals surface area (Å²) in [4.78, 5) is 26.3. The Bertz CT molecular complexity index is 904. The number of esters is 1. The van der Waals surface area contributed by atoms with Crippen molar-refractivity contribution in [2.24, 2.45) is 5.92 Å². The molecule has 2 aromatic rings. The fourth-order valence-electron chi connectivity index (χ4n) is 3.62. The van der Waals surface area contributed by atoms with Gasteiger partial charge in [-0.3, -0.25) is 4.79 Å². The van der Waals surface area contributed by atoms with Gasteiger partial charge in [0.15, 0.2) is 11.5 Å². The van der Waals surface area contributed by atoms with Gasteiger partial charge in [-0.2, -0.15) is 0 Å². The van der Waals surface area contributed by atoms with Gasteiger partial charge >= 0.3 is 5.97 Å². The van der Waals surface area contributed by atoms with Gasteiger partial charge in [0.1, 0.15) is 5.00 Å². The number of nitrogens with one attached hydrogen (secondary N) is 1. The number of ether oxygens (including phenoxy) is 3. The fraction of sp³-hybridized carbons (Fsp3) is 0.400. The number of fused-ring (bicyclic) bond motifs is 2. The first-order valence-corrected chi connectivity index (χ1v) is 9.86. The second-order valence-electron chi connectivity index (χ2n) is 6.74. The molecule has 1 aromatic heterocycles. The lowest BCUT2D eigenvalue weighted by Crippen LogP contribution is -2.16. The fourth-order valence-corrected chi connectivity index (χ4v) is 4.97. The van der Waals surface area contributed by atoms with Crippen LogP contribution in [0.2, 0.25) is 0 Å². The largest absolute Gasteiger partial charge is 0.465 e. The van der Waals surface area contributed by atoms with E-state index in [-0.39, 0.29) is 12.7 Å². The lowest BCUT2D eigenvalue weighted by atomic mass is 9.85. The van der Waals surface area contributed by atoms with Crippen molar-refractivity contribution >= 4 is 28.2 Å². The molecule has 0 saturated carbocycles.